The van der Waals surface area contributed by atoms with Crippen molar-refractivity contribution >= 4 is 7.75 Å². The van der Waals surface area contributed by atoms with E-state index in [0.717, 1.165) is 32.1 Å². The van der Waals surface area contributed by atoms with E-state index in [-0.39, 0.29) is 5.54 Å². The number of hydrogen-bond donors (Lipinski definition) is 2. The molecule has 0 atom stereocenters. The molecule has 0 spiro atoms. The maximum atomic E-state index is 11.3. The van der Waals surface area contributed by atoms with E-state index < -0.39 is 7.75 Å². The number of nitrogens with zero attached hydrogens (tertiary/aromatic N) is 1. The Kier molecular flexibility index (Phi) is 3.75. The molecule has 0 aromatic heterocycles. The highest BCUT2D eigenvalue weighted by atomic mass is 31.2. The first-order valence-corrected chi connectivity index (χ1v) is 6.86. The molecular weight excluding hydrogens is 201 g/mol. The molecule has 5 heteroatoms. The van der Waals surface area contributed by atoms with Crippen molar-refractivity contribution in [3.63, 3.8) is 0 Å². The summed E-state index contributed by atoms with van der Waals surface area (Å²) >= 11 is 0. The van der Waals surface area contributed by atoms with Crippen LogP contribution in [0.3, 0.4) is 0 Å². The molecule has 1 rings (SSSR count). The third kappa shape index (κ3) is 2.19. The highest BCUT2D eigenvalue weighted by Gasteiger charge is 2.44. The van der Waals surface area contributed by atoms with Crippen molar-refractivity contribution in [3.8, 4) is 0 Å². The van der Waals surface area contributed by atoms with Gasteiger partial charge in [-0.2, -0.15) is 0 Å². The molecule has 0 aromatic rings. The lowest BCUT2D eigenvalue weighted by Gasteiger charge is -2.46. The summed E-state index contributed by atoms with van der Waals surface area (Å²) in [5.74, 6) is 0. The first-order valence-electron chi connectivity index (χ1n) is 5.30. The second-order valence-corrected chi connectivity index (χ2v) is 5.53. The minimum Gasteiger partial charge on any atom is -0.312 e. The van der Waals surface area contributed by atoms with Gasteiger partial charge in [0.15, 0.2) is 0 Å². The predicted octanol–water partition coefficient (Wildman–Crippen LogP) is 2.12. The second-order valence-electron chi connectivity index (χ2n) is 4.02. The molecule has 2 N–H and O–H groups in total. The lowest BCUT2D eigenvalue weighted by Crippen LogP contribution is -2.48. The molecule has 0 unspecified atom stereocenters. The van der Waals surface area contributed by atoms with Crippen LogP contribution in [0.5, 0.6) is 0 Å². The quantitative estimate of drug-likeness (QED) is 0.717. The molecule has 1 aliphatic rings. The summed E-state index contributed by atoms with van der Waals surface area (Å²) in [6, 6.07) is 0. The maximum absolute atomic E-state index is 11.3. The average molecular weight is 221 g/mol. The molecule has 4 nitrogen and oxygen atoms in total. The molecular formula is C9H20NO3P. The van der Waals surface area contributed by atoms with Crippen molar-refractivity contribution in [1.29, 1.82) is 0 Å². The smallest absolute Gasteiger partial charge is 0.312 e. The maximum Gasteiger partial charge on any atom is 0.403 e. The fourth-order valence-electron chi connectivity index (χ4n) is 2.46. The molecule has 0 aliphatic carbocycles. The Morgan fingerprint density at radius 3 is 2.21 bits per heavy atom. The average Bonchev–Trinajstić information content (AvgIpc) is 2.16. The Morgan fingerprint density at radius 2 is 1.86 bits per heavy atom. The lowest BCUT2D eigenvalue weighted by atomic mass is 9.84. The van der Waals surface area contributed by atoms with Crippen molar-refractivity contribution in [3.05, 3.63) is 0 Å². The van der Waals surface area contributed by atoms with Gasteiger partial charge in [0.05, 0.1) is 0 Å². The highest BCUT2D eigenvalue weighted by Crippen LogP contribution is 2.51. The van der Waals surface area contributed by atoms with Crippen molar-refractivity contribution in [1.82, 2.24) is 4.67 Å². The summed E-state index contributed by atoms with van der Waals surface area (Å²) in [6.07, 6.45) is 4.51. The first-order chi connectivity index (χ1) is 6.46. The summed E-state index contributed by atoms with van der Waals surface area (Å²) in [4.78, 5) is 18.6. The minimum atomic E-state index is -4.06. The third-order valence-corrected chi connectivity index (χ3v) is 4.69. The van der Waals surface area contributed by atoms with Gasteiger partial charge in [0.25, 0.3) is 0 Å². The third-order valence-electron chi connectivity index (χ3n) is 3.44. The van der Waals surface area contributed by atoms with Crippen LogP contribution in [0.4, 0.5) is 0 Å². The van der Waals surface area contributed by atoms with Gasteiger partial charge in [-0.1, -0.05) is 20.3 Å². The fraction of sp³-hybridized carbons (Fsp3) is 1.00. The Hall–Kier alpha value is 0.110. The molecule has 84 valence electrons. The normalized spacial score (nSPS) is 23.7. The monoisotopic (exact) mass is 221 g/mol. The van der Waals surface area contributed by atoms with Crippen LogP contribution in [-0.2, 0) is 4.57 Å². The van der Waals surface area contributed by atoms with Crippen molar-refractivity contribution < 1.29 is 14.4 Å². The molecule has 1 heterocycles. The van der Waals surface area contributed by atoms with Gasteiger partial charge in [-0.15, -0.1) is 0 Å². The van der Waals surface area contributed by atoms with Gasteiger partial charge in [0.1, 0.15) is 0 Å². The van der Waals surface area contributed by atoms with Gasteiger partial charge in [-0.3, -0.25) is 0 Å². The van der Waals surface area contributed by atoms with Gasteiger partial charge >= 0.3 is 7.75 Å². The molecule has 0 saturated carbocycles. The predicted molar refractivity (Wildman–Crippen MR) is 55.9 cm³/mol. The zero-order valence-electron chi connectivity index (χ0n) is 8.94. The second kappa shape index (κ2) is 4.31. The summed E-state index contributed by atoms with van der Waals surface area (Å²) in [5.41, 5.74) is -0.267. The van der Waals surface area contributed by atoms with Gasteiger partial charge in [-0.05, 0) is 25.7 Å². The van der Waals surface area contributed by atoms with Crippen LogP contribution in [0.15, 0.2) is 0 Å². The van der Waals surface area contributed by atoms with E-state index in [1.807, 2.05) is 13.8 Å². The zero-order valence-corrected chi connectivity index (χ0v) is 9.83. The molecule has 1 fully saturated rings. The Morgan fingerprint density at radius 1 is 1.29 bits per heavy atom. The molecule has 14 heavy (non-hydrogen) atoms. The number of piperidine rings is 1. The van der Waals surface area contributed by atoms with E-state index in [0.29, 0.717) is 6.54 Å². The first kappa shape index (κ1) is 12.2. The van der Waals surface area contributed by atoms with E-state index in [1.165, 1.54) is 4.67 Å². The SMILES string of the molecule is CCC1(CC)CCCCN1P(=O)(O)O. The number of hydrogen-bond acceptors (Lipinski definition) is 1. The van der Waals surface area contributed by atoms with Crippen molar-refractivity contribution in [2.24, 2.45) is 0 Å². The Bertz CT molecular complexity index is 234. The van der Waals surface area contributed by atoms with Gasteiger partial charge in [-0.25, -0.2) is 9.24 Å². The summed E-state index contributed by atoms with van der Waals surface area (Å²) in [6.45, 7) is 4.56. The summed E-state index contributed by atoms with van der Waals surface area (Å²) < 4.78 is 12.8. The minimum absolute atomic E-state index is 0.267. The van der Waals surface area contributed by atoms with Crippen molar-refractivity contribution in [2.75, 3.05) is 6.54 Å². The molecule has 1 aliphatic heterocycles. The van der Waals surface area contributed by atoms with E-state index in [1.54, 1.807) is 0 Å². The van der Waals surface area contributed by atoms with Crippen LogP contribution < -0.4 is 0 Å². The molecule has 0 amide bonds. The van der Waals surface area contributed by atoms with Crippen LogP contribution in [0.2, 0.25) is 0 Å². The van der Waals surface area contributed by atoms with Crippen LogP contribution in [0.25, 0.3) is 0 Å². The number of rotatable bonds is 3. The zero-order chi connectivity index (χ0) is 10.8. The van der Waals surface area contributed by atoms with Gasteiger partial charge in [0, 0.05) is 12.1 Å². The lowest BCUT2D eigenvalue weighted by molar-refractivity contribution is 0.0873. The Labute approximate surface area is 85.5 Å². The standard InChI is InChI=1S/C9H20NO3P/c1-3-9(4-2)7-5-6-8-10(9)14(11,12)13/h3-8H2,1-2H3,(H2,11,12,13). The van der Waals surface area contributed by atoms with E-state index in [9.17, 15) is 14.4 Å². The topological polar surface area (TPSA) is 60.8 Å². The van der Waals surface area contributed by atoms with Crippen molar-refractivity contribution in [2.45, 2.75) is 51.5 Å². The van der Waals surface area contributed by atoms with Gasteiger partial charge in [0.2, 0.25) is 0 Å². The molecule has 1 saturated heterocycles. The fourth-order valence-corrected chi connectivity index (χ4v) is 3.79. The Balaban J connectivity index is 2.93. The van der Waals surface area contributed by atoms with E-state index in [4.69, 9.17) is 0 Å². The molecule has 0 radical (unpaired) electrons. The summed E-state index contributed by atoms with van der Waals surface area (Å²) in [5, 5.41) is 0. The van der Waals surface area contributed by atoms with Crippen LogP contribution >= 0.6 is 7.75 Å². The van der Waals surface area contributed by atoms with Gasteiger partial charge < -0.3 is 9.79 Å². The van der Waals surface area contributed by atoms with Crippen LogP contribution in [-0.4, -0.2) is 26.5 Å². The van der Waals surface area contributed by atoms with E-state index >= 15 is 0 Å². The summed E-state index contributed by atoms with van der Waals surface area (Å²) in [7, 11) is -4.06. The largest absolute Gasteiger partial charge is 0.403 e. The van der Waals surface area contributed by atoms with E-state index in [2.05, 4.69) is 0 Å². The highest BCUT2D eigenvalue weighted by molar-refractivity contribution is 7.49. The molecule has 0 bridgehead atoms. The molecule has 0 aromatic carbocycles. The van der Waals surface area contributed by atoms with Crippen LogP contribution in [0, 0.1) is 0 Å². The van der Waals surface area contributed by atoms with Crippen LogP contribution in [0.1, 0.15) is 46.0 Å².